The van der Waals surface area contributed by atoms with E-state index in [1.807, 2.05) is 58.9 Å². The van der Waals surface area contributed by atoms with Gasteiger partial charge in [-0.2, -0.15) is 0 Å². The first-order chi connectivity index (χ1) is 20.1. The molecule has 0 amide bonds. The topological polar surface area (TPSA) is 138 Å². The number of hydrogen-bond acceptors (Lipinski definition) is 10. The van der Waals surface area contributed by atoms with Gasteiger partial charge in [0.1, 0.15) is 23.7 Å². The number of carbonyl (C=O) groups excluding carboxylic acids is 2. The van der Waals surface area contributed by atoms with Gasteiger partial charge < -0.3 is 33.7 Å². The summed E-state index contributed by atoms with van der Waals surface area (Å²) in [5.41, 5.74) is -5.18. The lowest BCUT2D eigenvalue weighted by molar-refractivity contribution is -0.378. The van der Waals surface area contributed by atoms with Crippen LogP contribution in [-0.4, -0.2) is 69.3 Å². The number of aliphatic hydroxyl groups is 2. The first kappa shape index (κ1) is 31.6. The molecular weight excluding hydrogens is 554 g/mol. The first-order valence-corrected chi connectivity index (χ1v) is 15.1. The minimum Gasteiger partial charge on any atom is -0.497 e. The lowest BCUT2D eigenvalue weighted by atomic mass is 9.39. The zero-order valence-electron chi connectivity index (χ0n) is 26.4. The van der Waals surface area contributed by atoms with Crippen molar-refractivity contribution >= 4 is 11.8 Å². The van der Waals surface area contributed by atoms with Crippen LogP contribution < -0.4 is 4.74 Å². The van der Waals surface area contributed by atoms with E-state index in [2.05, 4.69) is 5.16 Å². The Bertz CT molecular complexity index is 1370. The number of aromatic nitrogens is 1. The quantitative estimate of drug-likeness (QED) is 0.433. The Balaban J connectivity index is 1.54. The number of hydrogen-bond donors (Lipinski definition) is 2. The van der Waals surface area contributed by atoms with Gasteiger partial charge in [-0.3, -0.25) is 9.59 Å². The van der Waals surface area contributed by atoms with Crippen molar-refractivity contribution in [3.8, 4) is 17.0 Å². The van der Waals surface area contributed by atoms with Crippen LogP contribution in [0.15, 0.2) is 34.9 Å². The van der Waals surface area contributed by atoms with E-state index in [1.165, 1.54) is 6.92 Å². The first-order valence-electron chi connectivity index (χ1n) is 15.1. The number of benzene rings is 1. The summed E-state index contributed by atoms with van der Waals surface area (Å²) < 4.78 is 29.7. The maximum atomic E-state index is 14.3. The minimum absolute atomic E-state index is 0.0265. The van der Waals surface area contributed by atoms with Gasteiger partial charge in [0.15, 0.2) is 23.2 Å². The highest BCUT2D eigenvalue weighted by atomic mass is 16.6. The Morgan fingerprint density at radius 1 is 1.14 bits per heavy atom. The second-order valence-corrected chi connectivity index (χ2v) is 13.8. The fourth-order valence-electron chi connectivity index (χ4n) is 8.49. The van der Waals surface area contributed by atoms with Gasteiger partial charge in [-0.05, 0) is 62.8 Å². The molecule has 2 aromatic rings. The predicted octanol–water partition coefficient (Wildman–Crippen LogP) is 4.63. The van der Waals surface area contributed by atoms with Crippen molar-refractivity contribution in [3.63, 3.8) is 0 Å². The molecule has 2 saturated carbocycles. The minimum atomic E-state index is -2.14. The summed E-state index contributed by atoms with van der Waals surface area (Å²) in [6, 6.07) is 9.24. The summed E-state index contributed by atoms with van der Waals surface area (Å²) >= 11 is 0. The fourth-order valence-corrected chi connectivity index (χ4v) is 8.49. The molecule has 2 aliphatic carbocycles. The molecule has 0 radical (unpaired) electrons. The van der Waals surface area contributed by atoms with Crippen molar-refractivity contribution in [2.45, 2.75) is 116 Å². The van der Waals surface area contributed by atoms with Crippen LogP contribution in [0.1, 0.15) is 79.9 Å². The SMILES string of the molecule is CC[C@@]1(C)CC(=O)[C@]2(O)[C@@]3(C)[C@@H](OCc4cc(-c5ccc(OC)cc5)no4)CCC(C)(C)[C@@H]3[C@H](O)[C@H](OC(C)=O)[C@@]2(C)O1. The highest BCUT2D eigenvalue weighted by Crippen LogP contribution is 2.67. The largest absolute Gasteiger partial charge is 0.497 e. The second kappa shape index (κ2) is 10.7. The molecule has 43 heavy (non-hydrogen) atoms. The summed E-state index contributed by atoms with van der Waals surface area (Å²) in [7, 11) is 1.61. The number of aliphatic hydroxyl groups excluding tert-OH is 1. The molecule has 5 rings (SSSR count). The van der Waals surface area contributed by atoms with Crippen molar-refractivity contribution in [2.75, 3.05) is 7.11 Å². The molecule has 0 bridgehead atoms. The van der Waals surface area contributed by atoms with Gasteiger partial charge in [0, 0.05) is 36.3 Å². The number of ether oxygens (including phenoxy) is 4. The van der Waals surface area contributed by atoms with E-state index in [0.29, 0.717) is 30.7 Å². The summed E-state index contributed by atoms with van der Waals surface area (Å²) in [5.74, 6) is -0.506. The Hall–Kier alpha value is -2.79. The number of carbonyl (C=O) groups is 2. The van der Waals surface area contributed by atoms with Crippen molar-refractivity contribution in [1.29, 1.82) is 0 Å². The molecule has 2 heterocycles. The van der Waals surface area contributed by atoms with Crippen molar-refractivity contribution in [2.24, 2.45) is 16.7 Å². The number of nitrogens with zero attached hydrogens (tertiary/aromatic N) is 1. The smallest absolute Gasteiger partial charge is 0.303 e. The van der Waals surface area contributed by atoms with E-state index < -0.39 is 63.6 Å². The van der Waals surface area contributed by atoms with E-state index >= 15 is 0 Å². The normalized spacial score (nSPS) is 38.6. The Morgan fingerprint density at radius 2 is 1.81 bits per heavy atom. The number of ketones is 1. The Kier molecular flexibility index (Phi) is 7.86. The maximum Gasteiger partial charge on any atom is 0.303 e. The molecule has 3 aliphatic rings. The van der Waals surface area contributed by atoms with Gasteiger partial charge in [-0.15, -0.1) is 0 Å². The van der Waals surface area contributed by atoms with Crippen LogP contribution in [0.3, 0.4) is 0 Å². The fraction of sp³-hybridized carbons (Fsp3) is 0.667. The summed E-state index contributed by atoms with van der Waals surface area (Å²) in [6.07, 6.45) is -1.56. The van der Waals surface area contributed by atoms with Gasteiger partial charge in [0.2, 0.25) is 0 Å². The third-order valence-corrected chi connectivity index (χ3v) is 10.7. The van der Waals surface area contributed by atoms with Gasteiger partial charge in [0.05, 0.1) is 24.9 Å². The number of esters is 1. The van der Waals surface area contributed by atoms with Crippen LogP contribution in [-0.2, 0) is 30.4 Å². The molecule has 1 aromatic heterocycles. The van der Waals surface area contributed by atoms with Crippen LogP contribution in [0.4, 0.5) is 0 Å². The lowest BCUT2D eigenvalue weighted by Crippen LogP contribution is -2.87. The Labute approximate surface area is 253 Å². The molecule has 10 nitrogen and oxygen atoms in total. The maximum absolute atomic E-state index is 14.3. The van der Waals surface area contributed by atoms with Gasteiger partial charge in [-0.25, -0.2) is 0 Å². The highest BCUT2D eigenvalue weighted by molar-refractivity contribution is 5.92. The van der Waals surface area contributed by atoms with Crippen molar-refractivity contribution in [1.82, 2.24) is 5.16 Å². The molecule has 1 aliphatic heterocycles. The Morgan fingerprint density at radius 3 is 2.42 bits per heavy atom. The molecule has 0 spiro atoms. The molecular formula is C33H45NO9. The standard InChI is InChI=1S/C33H45NO9/c1-9-30(5)17-24(36)33(38)31(6)25(40-18-22-16-23(34-42-22)20-10-12-21(39-8)13-11-20)14-15-29(3,4)27(31)26(37)28(41-19(2)35)32(33,7)43-30/h10-13,16,25-28,37-38H,9,14-15,17-18H2,1-8H3/t25-,26-,27-,28-,30-,31-,32+,33-/m0/s1. The predicted molar refractivity (Wildman–Crippen MR) is 156 cm³/mol. The average Bonchev–Trinajstić information content (AvgIpc) is 3.42. The van der Waals surface area contributed by atoms with E-state index in [1.54, 1.807) is 20.1 Å². The van der Waals surface area contributed by atoms with Crippen LogP contribution >= 0.6 is 0 Å². The van der Waals surface area contributed by atoms with Crippen molar-refractivity contribution < 1.29 is 43.3 Å². The van der Waals surface area contributed by atoms with Crippen LogP contribution in [0, 0.1) is 16.7 Å². The third-order valence-electron chi connectivity index (χ3n) is 10.7. The van der Waals surface area contributed by atoms with Crippen LogP contribution in [0.5, 0.6) is 5.75 Å². The van der Waals surface area contributed by atoms with Gasteiger partial charge in [-0.1, -0.05) is 32.9 Å². The van der Waals surface area contributed by atoms with E-state index in [0.717, 1.165) is 11.3 Å². The molecule has 0 unspecified atom stereocenters. The van der Waals surface area contributed by atoms with Gasteiger partial charge >= 0.3 is 5.97 Å². The number of methoxy groups -OCH3 is 1. The lowest BCUT2D eigenvalue weighted by Gasteiger charge is -2.71. The summed E-state index contributed by atoms with van der Waals surface area (Å²) in [4.78, 5) is 26.7. The molecule has 8 atom stereocenters. The average molecular weight is 600 g/mol. The molecule has 2 N–H and O–H groups in total. The number of rotatable bonds is 7. The monoisotopic (exact) mass is 599 g/mol. The van der Waals surface area contributed by atoms with Gasteiger partial charge in [0.25, 0.3) is 0 Å². The summed E-state index contributed by atoms with van der Waals surface area (Å²) in [6.45, 7) is 12.4. The van der Waals surface area contributed by atoms with E-state index in [9.17, 15) is 19.8 Å². The molecule has 10 heteroatoms. The second-order valence-electron chi connectivity index (χ2n) is 13.8. The third kappa shape index (κ3) is 4.72. The summed E-state index contributed by atoms with van der Waals surface area (Å²) in [5, 5.41) is 29.2. The zero-order chi connectivity index (χ0) is 31.6. The van der Waals surface area contributed by atoms with E-state index in [-0.39, 0.29) is 13.0 Å². The molecule has 3 fully saturated rings. The van der Waals surface area contributed by atoms with Crippen LogP contribution in [0.2, 0.25) is 0 Å². The number of Topliss-reactive ketones (excluding diaryl/α,β-unsaturated/α-hetero) is 1. The zero-order valence-corrected chi connectivity index (χ0v) is 26.4. The highest BCUT2D eigenvalue weighted by Gasteiger charge is 2.81. The molecule has 1 aromatic carbocycles. The van der Waals surface area contributed by atoms with E-state index in [4.69, 9.17) is 23.5 Å². The molecule has 1 saturated heterocycles. The van der Waals surface area contributed by atoms with Crippen LogP contribution in [0.25, 0.3) is 11.3 Å². The van der Waals surface area contributed by atoms with Crippen molar-refractivity contribution in [3.05, 3.63) is 36.1 Å². The number of fused-ring (bicyclic) bond motifs is 3. The molecule has 236 valence electrons.